The Morgan fingerprint density at radius 1 is 1.20 bits per heavy atom. The first-order chi connectivity index (χ1) is 12.1. The molecule has 2 fully saturated rings. The maximum atomic E-state index is 13.1. The SMILES string of the molecule is COc1ccc2c(c1)N(C)C(=C1SC(=S)N(C3CCCCC3)C1=O)S2. The number of fused-ring (bicyclic) bond motifs is 1. The van der Waals surface area contributed by atoms with Crippen LogP contribution in [0.15, 0.2) is 33.0 Å². The van der Waals surface area contributed by atoms with Gasteiger partial charge in [-0.1, -0.05) is 55.0 Å². The number of ether oxygens (including phenoxy) is 1. The normalized spacial score (nSPS) is 24.2. The van der Waals surface area contributed by atoms with Crippen molar-refractivity contribution in [3.8, 4) is 5.75 Å². The molecule has 3 aliphatic rings. The number of thioether (sulfide) groups is 2. The highest BCUT2D eigenvalue weighted by atomic mass is 32.2. The molecule has 25 heavy (non-hydrogen) atoms. The molecule has 1 saturated heterocycles. The topological polar surface area (TPSA) is 32.8 Å². The first-order valence-electron chi connectivity index (χ1n) is 8.49. The molecular weight excluding hydrogens is 372 g/mol. The molecule has 2 heterocycles. The quantitative estimate of drug-likeness (QED) is 0.540. The fourth-order valence-corrected chi connectivity index (χ4v) is 6.32. The maximum absolute atomic E-state index is 13.1. The molecule has 0 N–H and O–H groups in total. The summed E-state index contributed by atoms with van der Waals surface area (Å²) in [6.45, 7) is 0. The van der Waals surface area contributed by atoms with E-state index in [1.54, 1.807) is 18.9 Å². The Morgan fingerprint density at radius 3 is 2.68 bits per heavy atom. The lowest BCUT2D eigenvalue weighted by Gasteiger charge is -2.30. The van der Waals surface area contributed by atoms with Crippen LogP contribution in [0.4, 0.5) is 5.69 Å². The number of methoxy groups -OCH3 is 1. The highest BCUT2D eigenvalue weighted by Crippen LogP contribution is 2.51. The Balaban J connectivity index is 1.65. The van der Waals surface area contributed by atoms with Gasteiger partial charge in [0.1, 0.15) is 15.0 Å². The van der Waals surface area contributed by atoms with Gasteiger partial charge in [0.05, 0.1) is 17.8 Å². The summed E-state index contributed by atoms with van der Waals surface area (Å²) in [7, 11) is 3.67. The minimum absolute atomic E-state index is 0.0796. The van der Waals surface area contributed by atoms with Crippen molar-refractivity contribution in [1.82, 2.24) is 4.90 Å². The number of nitrogens with zero attached hydrogens (tertiary/aromatic N) is 2. The summed E-state index contributed by atoms with van der Waals surface area (Å²) in [5.74, 6) is 0.901. The number of amides is 1. The van der Waals surface area contributed by atoms with E-state index in [0.29, 0.717) is 4.32 Å². The van der Waals surface area contributed by atoms with Crippen LogP contribution >= 0.6 is 35.7 Å². The van der Waals surface area contributed by atoms with Crippen molar-refractivity contribution in [3.63, 3.8) is 0 Å². The zero-order valence-electron chi connectivity index (χ0n) is 14.3. The number of thiocarbonyl (C=S) groups is 1. The minimum atomic E-state index is 0.0796. The van der Waals surface area contributed by atoms with Gasteiger partial charge in [-0.15, -0.1) is 0 Å². The smallest absolute Gasteiger partial charge is 0.269 e. The number of carbonyl (C=O) groups is 1. The highest BCUT2D eigenvalue weighted by Gasteiger charge is 2.41. The molecule has 4 rings (SSSR count). The molecule has 1 saturated carbocycles. The van der Waals surface area contributed by atoms with Crippen LogP contribution in [0.5, 0.6) is 5.75 Å². The van der Waals surface area contributed by atoms with Crippen molar-refractivity contribution < 1.29 is 9.53 Å². The molecule has 0 atom stereocenters. The summed E-state index contributed by atoms with van der Waals surface area (Å²) < 4.78 is 6.04. The van der Waals surface area contributed by atoms with Crippen molar-refractivity contribution in [3.05, 3.63) is 28.1 Å². The Morgan fingerprint density at radius 2 is 1.96 bits per heavy atom. The number of hydrogen-bond acceptors (Lipinski definition) is 6. The van der Waals surface area contributed by atoms with Crippen LogP contribution in [0.25, 0.3) is 0 Å². The average Bonchev–Trinajstić information content (AvgIpc) is 3.11. The minimum Gasteiger partial charge on any atom is -0.497 e. The summed E-state index contributed by atoms with van der Waals surface area (Å²) in [5.41, 5.74) is 1.07. The van der Waals surface area contributed by atoms with Gasteiger partial charge in [0, 0.05) is 24.1 Å². The predicted octanol–water partition coefficient (Wildman–Crippen LogP) is 4.60. The zero-order chi connectivity index (χ0) is 17.6. The van der Waals surface area contributed by atoms with Gasteiger partial charge >= 0.3 is 0 Å². The average molecular weight is 393 g/mol. The standard InChI is InChI=1S/C18H20N2O2S3/c1-19-13-10-12(22-2)8-9-14(13)24-17(19)15-16(21)20(18(23)25-15)11-6-4-3-5-7-11/h8-11H,3-7H2,1-2H3. The van der Waals surface area contributed by atoms with Crippen molar-refractivity contribution in [2.24, 2.45) is 0 Å². The monoisotopic (exact) mass is 392 g/mol. The summed E-state index contributed by atoms with van der Waals surface area (Å²) in [6, 6.07) is 6.29. The molecule has 0 bridgehead atoms. The van der Waals surface area contributed by atoms with E-state index in [9.17, 15) is 4.79 Å². The first-order valence-corrected chi connectivity index (χ1v) is 10.5. The maximum Gasteiger partial charge on any atom is 0.269 e. The Hall–Kier alpha value is -1.18. The second kappa shape index (κ2) is 6.85. The molecule has 1 amide bonds. The van der Waals surface area contributed by atoms with Gasteiger partial charge in [-0.05, 0) is 25.0 Å². The van der Waals surface area contributed by atoms with E-state index in [-0.39, 0.29) is 11.9 Å². The van der Waals surface area contributed by atoms with Gasteiger partial charge in [-0.3, -0.25) is 9.69 Å². The summed E-state index contributed by atoms with van der Waals surface area (Å²) in [5, 5.41) is 0.971. The van der Waals surface area contributed by atoms with Crippen LogP contribution in [0.3, 0.4) is 0 Å². The number of hydrogen-bond donors (Lipinski definition) is 0. The molecule has 2 aliphatic heterocycles. The van der Waals surface area contributed by atoms with Crippen LogP contribution < -0.4 is 9.64 Å². The molecule has 0 spiro atoms. The van der Waals surface area contributed by atoms with E-state index in [1.807, 2.05) is 30.1 Å². The lowest BCUT2D eigenvalue weighted by Crippen LogP contribution is -2.40. The van der Waals surface area contributed by atoms with E-state index in [0.717, 1.165) is 39.1 Å². The third-order valence-electron chi connectivity index (χ3n) is 4.97. The fourth-order valence-electron chi connectivity index (χ4n) is 3.61. The zero-order valence-corrected chi connectivity index (χ0v) is 16.7. The van der Waals surface area contributed by atoms with E-state index in [4.69, 9.17) is 17.0 Å². The molecule has 0 aromatic heterocycles. The van der Waals surface area contributed by atoms with Crippen LogP contribution in [-0.2, 0) is 4.79 Å². The molecule has 4 nitrogen and oxygen atoms in total. The Kier molecular flexibility index (Phi) is 4.73. The molecule has 1 aliphatic carbocycles. The number of rotatable bonds is 2. The molecule has 0 unspecified atom stereocenters. The number of anilines is 1. The van der Waals surface area contributed by atoms with E-state index in [1.165, 1.54) is 31.0 Å². The Bertz CT molecular complexity index is 772. The van der Waals surface area contributed by atoms with Crippen molar-refractivity contribution in [2.75, 3.05) is 19.1 Å². The molecular formula is C18H20N2O2S3. The highest BCUT2D eigenvalue weighted by molar-refractivity contribution is 8.27. The van der Waals surface area contributed by atoms with Gasteiger partial charge in [0.15, 0.2) is 0 Å². The van der Waals surface area contributed by atoms with Crippen molar-refractivity contribution in [1.29, 1.82) is 0 Å². The van der Waals surface area contributed by atoms with Gasteiger partial charge in [0.2, 0.25) is 0 Å². The summed E-state index contributed by atoms with van der Waals surface area (Å²) >= 11 is 8.65. The van der Waals surface area contributed by atoms with Crippen LogP contribution in [0.1, 0.15) is 32.1 Å². The first kappa shape index (κ1) is 17.2. The van der Waals surface area contributed by atoms with Gasteiger partial charge in [0.25, 0.3) is 5.91 Å². The second-order valence-electron chi connectivity index (χ2n) is 6.46. The van der Waals surface area contributed by atoms with Crippen molar-refractivity contribution in [2.45, 2.75) is 43.0 Å². The molecule has 132 valence electrons. The lowest BCUT2D eigenvalue weighted by molar-refractivity contribution is -0.124. The molecule has 1 aromatic carbocycles. The van der Waals surface area contributed by atoms with Crippen LogP contribution in [0.2, 0.25) is 0 Å². The summed E-state index contributed by atoms with van der Waals surface area (Å²) in [6.07, 6.45) is 5.77. The third kappa shape index (κ3) is 2.96. The van der Waals surface area contributed by atoms with E-state index < -0.39 is 0 Å². The Labute approximate surface area is 162 Å². The largest absolute Gasteiger partial charge is 0.497 e. The fraction of sp³-hybridized carbons (Fsp3) is 0.444. The summed E-state index contributed by atoms with van der Waals surface area (Å²) in [4.78, 5) is 19.0. The van der Waals surface area contributed by atoms with Crippen LogP contribution in [0, 0.1) is 0 Å². The van der Waals surface area contributed by atoms with Gasteiger partial charge in [-0.25, -0.2) is 0 Å². The molecule has 0 radical (unpaired) electrons. The molecule has 7 heteroatoms. The number of carbonyl (C=O) groups excluding carboxylic acids is 1. The number of benzene rings is 1. The van der Waals surface area contributed by atoms with Crippen LogP contribution in [-0.4, -0.2) is 35.3 Å². The third-order valence-corrected chi connectivity index (χ3v) is 7.73. The van der Waals surface area contributed by atoms with Gasteiger partial charge in [-0.2, -0.15) is 0 Å². The molecule has 1 aromatic rings. The lowest BCUT2D eigenvalue weighted by atomic mass is 9.94. The van der Waals surface area contributed by atoms with Gasteiger partial charge < -0.3 is 9.64 Å². The predicted molar refractivity (Wildman–Crippen MR) is 108 cm³/mol. The van der Waals surface area contributed by atoms with E-state index in [2.05, 4.69) is 4.90 Å². The van der Waals surface area contributed by atoms with Crippen molar-refractivity contribution >= 4 is 51.7 Å². The second-order valence-corrected chi connectivity index (χ2v) is 9.14. The van der Waals surface area contributed by atoms with E-state index >= 15 is 0 Å².